The van der Waals surface area contributed by atoms with E-state index in [9.17, 15) is 14.7 Å². The lowest BCUT2D eigenvalue weighted by Gasteiger charge is -2.32. The first kappa shape index (κ1) is 26.8. The number of nitrogens with zero attached hydrogens (tertiary/aromatic N) is 1. The molecule has 0 radical (unpaired) electrons. The summed E-state index contributed by atoms with van der Waals surface area (Å²) in [5.74, 6) is -0.824. The molecule has 2 aliphatic carbocycles. The van der Waals surface area contributed by atoms with Crippen molar-refractivity contribution in [3.63, 3.8) is 0 Å². The van der Waals surface area contributed by atoms with Gasteiger partial charge in [-0.15, -0.1) is 11.3 Å². The van der Waals surface area contributed by atoms with Crippen molar-refractivity contribution < 1.29 is 19.8 Å². The predicted octanol–water partition coefficient (Wildman–Crippen LogP) is 6.05. The molecule has 1 aromatic carbocycles. The largest absolute Gasteiger partial charge is 0.481 e. The van der Waals surface area contributed by atoms with Crippen molar-refractivity contribution in [2.75, 3.05) is 0 Å². The summed E-state index contributed by atoms with van der Waals surface area (Å²) < 4.78 is 0. The Morgan fingerprint density at radius 1 is 1.03 bits per heavy atom. The van der Waals surface area contributed by atoms with Gasteiger partial charge < -0.3 is 15.5 Å². The zero-order chi connectivity index (χ0) is 26.3. The maximum Gasteiger partial charge on any atom is 0.306 e. The molecule has 196 valence electrons. The lowest BCUT2D eigenvalue weighted by molar-refractivity contribution is -0.145. The summed E-state index contributed by atoms with van der Waals surface area (Å²) in [6, 6.07) is 6.18. The third kappa shape index (κ3) is 6.17. The zero-order valence-corrected chi connectivity index (χ0v) is 23.0. The van der Waals surface area contributed by atoms with Crippen molar-refractivity contribution >= 4 is 23.2 Å². The fraction of sp³-hybridized carbons (Fsp3) is 0.621. The predicted molar refractivity (Wildman–Crippen MR) is 143 cm³/mol. The van der Waals surface area contributed by atoms with Crippen molar-refractivity contribution in [3.8, 4) is 10.4 Å². The summed E-state index contributed by atoms with van der Waals surface area (Å²) >= 11 is 1.41. The Bertz CT molecular complexity index is 1080. The van der Waals surface area contributed by atoms with Crippen molar-refractivity contribution in [2.24, 2.45) is 11.8 Å². The topological polar surface area (TPSA) is 99.5 Å². The maximum atomic E-state index is 13.1. The third-order valence-electron chi connectivity index (χ3n) is 7.69. The summed E-state index contributed by atoms with van der Waals surface area (Å²) in [5.41, 5.74) is 2.85. The van der Waals surface area contributed by atoms with Crippen LogP contribution in [0.5, 0.6) is 0 Å². The van der Waals surface area contributed by atoms with E-state index in [-0.39, 0.29) is 23.3 Å². The van der Waals surface area contributed by atoms with Gasteiger partial charge in [0.25, 0.3) is 5.91 Å². The molecule has 0 atom stereocenters. The number of thiazole rings is 1. The molecule has 36 heavy (non-hydrogen) atoms. The smallest absolute Gasteiger partial charge is 0.306 e. The average Bonchev–Trinajstić information content (AvgIpc) is 3.18. The van der Waals surface area contributed by atoms with Gasteiger partial charge in [-0.1, -0.05) is 58.9 Å². The Hall–Kier alpha value is -2.25. The van der Waals surface area contributed by atoms with E-state index in [1.807, 2.05) is 6.07 Å². The Labute approximate surface area is 218 Å². The zero-order valence-electron chi connectivity index (χ0n) is 22.2. The van der Waals surface area contributed by atoms with Crippen LogP contribution >= 0.6 is 11.3 Å². The first-order valence-corrected chi connectivity index (χ1v) is 14.0. The fourth-order valence-electron chi connectivity index (χ4n) is 5.21. The van der Waals surface area contributed by atoms with E-state index < -0.39 is 11.6 Å². The molecule has 0 aliphatic heterocycles. The molecule has 0 unspecified atom stereocenters. The molecule has 0 bridgehead atoms. The second kappa shape index (κ2) is 10.3. The highest BCUT2D eigenvalue weighted by Gasteiger charge is 2.36. The van der Waals surface area contributed by atoms with Gasteiger partial charge >= 0.3 is 5.97 Å². The van der Waals surface area contributed by atoms with Crippen molar-refractivity contribution in [2.45, 2.75) is 103 Å². The van der Waals surface area contributed by atoms with E-state index in [4.69, 9.17) is 10.1 Å². The summed E-state index contributed by atoms with van der Waals surface area (Å²) in [6.07, 6.45) is 7.94. The van der Waals surface area contributed by atoms with Crippen LogP contribution < -0.4 is 5.32 Å². The minimum atomic E-state index is -0.991. The quantitative estimate of drug-likeness (QED) is 0.419. The standard InChI is InChI=1S/C29H40N2O4S/c1-28(2,3)20-12-18(13-21(16-20)29(4,5)35)24-23(11-17-9-7-6-8-10-17)31-26(36-24)25(32)30-22-14-19(15-22)27(33)34/h12-13,16-17,19,22,35H,6-11,14-15H2,1-5H3,(H,30,32)(H,33,34)/t19-,22-. The van der Waals surface area contributed by atoms with E-state index >= 15 is 0 Å². The van der Waals surface area contributed by atoms with Gasteiger partial charge in [-0.3, -0.25) is 9.59 Å². The number of rotatable bonds is 7. The van der Waals surface area contributed by atoms with Gasteiger partial charge in [0.05, 0.1) is 22.1 Å². The fourth-order valence-corrected chi connectivity index (χ4v) is 6.19. The number of carboxylic acid groups (broad SMARTS) is 1. The first-order valence-electron chi connectivity index (χ1n) is 13.2. The van der Waals surface area contributed by atoms with E-state index in [0.717, 1.165) is 33.7 Å². The lowest BCUT2D eigenvalue weighted by atomic mass is 9.80. The van der Waals surface area contributed by atoms with Gasteiger partial charge in [-0.05, 0) is 73.3 Å². The van der Waals surface area contributed by atoms with Gasteiger partial charge in [0.2, 0.25) is 0 Å². The molecule has 2 aliphatic rings. The monoisotopic (exact) mass is 512 g/mol. The van der Waals surface area contributed by atoms with E-state index in [2.05, 4.69) is 38.2 Å². The van der Waals surface area contributed by atoms with Gasteiger partial charge in [-0.2, -0.15) is 0 Å². The number of hydrogen-bond donors (Lipinski definition) is 3. The molecule has 1 heterocycles. The molecular weight excluding hydrogens is 472 g/mol. The number of carbonyl (C=O) groups is 2. The number of carboxylic acids is 1. The van der Waals surface area contributed by atoms with Crippen LogP contribution in [0.2, 0.25) is 0 Å². The highest BCUT2D eigenvalue weighted by molar-refractivity contribution is 7.17. The van der Waals surface area contributed by atoms with Crippen molar-refractivity contribution in [1.29, 1.82) is 0 Å². The number of aliphatic carboxylic acids is 1. The number of carbonyl (C=O) groups excluding carboxylic acids is 1. The van der Waals surface area contributed by atoms with Crippen LogP contribution in [0, 0.1) is 11.8 Å². The number of amides is 1. The third-order valence-corrected chi connectivity index (χ3v) is 8.83. The van der Waals surface area contributed by atoms with Gasteiger partial charge in [0.15, 0.2) is 5.01 Å². The minimum absolute atomic E-state index is 0.102. The Morgan fingerprint density at radius 3 is 2.25 bits per heavy atom. The average molecular weight is 513 g/mol. The minimum Gasteiger partial charge on any atom is -0.481 e. The molecule has 1 amide bonds. The summed E-state index contributed by atoms with van der Waals surface area (Å²) in [5, 5.41) is 23.4. The molecule has 0 spiro atoms. The number of aromatic nitrogens is 1. The van der Waals surface area contributed by atoms with Crippen LogP contribution in [0.3, 0.4) is 0 Å². The molecule has 2 saturated carbocycles. The van der Waals surface area contributed by atoms with Gasteiger partial charge in [0, 0.05) is 6.04 Å². The van der Waals surface area contributed by atoms with Crippen LogP contribution in [-0.2, 0) is 22.2 Å². The lowest BCUT2D eigenvalue weighted by Crippen LogP contribution is -2.46. The van der Waals surface area contributed by atoms with E-state index in [0.29, 0.717) is 23.8 Å². The van der Waals surface area contributed by atoms with E-state index in [1.54, 1.807) is 13.8 Å². The van der Waals surface area contributed by atoms with Crippen molar-refractivity contribution in [1.82, 2.24) is 10.3 Å². The molecule has 1 aromatic heterocycles. The van der Waals surface area contributed by atoms with E-state index in [1.165, 1.54) is 43.4 Å². The second-order valence-electron chi connectivity index (χ2n) is 12.3. The maximum absolute atomic E-state index is 13.1. The molecule has 0 saturated heterocycles. The van der Waals surface area contributed by atoms with Gasteiger partial charge in [-0.25, -0.2) is 4.98 Å². The van der Waals surface area contributed by atoms with Crippen LogP contribution in [0.1, 0.15) is 106 Å². The number of aliphatic hydroxyl groups is 1. The number of hydrogen-bond acceptors (Lipinski definition) is 5. The number of nitrogens with one attached hydrogen (secondary N) is 1. The Morgan fingerprint density at radius 2 is 1.67 bits per heavy atom. The molecule has 3 N–H and O–H groups in total. The highest BCUT2D eigenvalue weighted by Crippen LogP contribution is 2.39. The molecule has 2 fully saturated rings. The van der Waals surface area contributed by atoms with Crippen LogP contribution in [0.4, 0.5) is 0 Å². The highest BCUT2D eigenvalue weighted by atomic mass is 32.1. The second-order valence-corrected chi connectivity index (χ2v) is 13.3. The molecule has 7 heteroatoms. The molecular formula is C29H40N2O4S. The van der Waals surface area contributed by atoms with Crippen molar-refractivity contribution in [3.05, 3.63) is 40.0 Å². The summed E-state index contributed by atoms with van der Waals surface area (Å²) in [6.45, 7) is 10.1. The first-order chi connectivity index (χ1) is 16.8. The normalized spacial score (nSPS) is 21.2. The Kier molecular flexibility index (Phi) is 7.63. The molecule has 4 rings (SSSR count). The Balaban J connectivity index is 1.69. The van der Waals surface area contributed by atoms with Crippen LogP contribution in [0.25, 0.3) is 10.4 Å². The van der Waals surface area contributed by atoms with Crippen LogP contribution in [-0.4, -0.2) is 33.1 Å². The summed E-state index contributed by atoms with van der Waals surface area (Å²) in [7, 11) is 0. The number of benzene rings is 1. The molecule has 6 nitrogen and oxygen atoms in total. The summed E-state index contributed by atoms with van der Waals surface area (Å²) in [4.78, 5) is 30.1. The molecule has 2 aromatic rings. The van der Waals surface area contributed by atoms with Crippen LogP contribution in [0.15, 0.2) is 18.2 Å². The van der Waals surface area contributed by atoms with Gasteiger partial charge in [0.1, 0.15) is 0 Å². The SMILES string of the molecule is CC(C)(C)c1cc(-c2sc(C(=O)N[C@H]3C[C@H](C(=O)O)C3)nc2CC2CCCCC2)cc(C(C)(C)O)c1.